The van der Waals surface area contributed by atoms with Gasteiger partial charge in [0.1, 0.15) is 12.4 Å². The lowest BCUT2D eigenvalue weighted by Gasteiger charge is -2.11. The summed E-state index contributed by atoms with van der Waals surface area (Å²) in [5, 5.41) is 22.5. The summed E-state index contributed by atoms with van der Waals surface area (Å²) in [6, 6.07) is 12.1. The smallest absolute Gasteiger partial charge is 0.269 e. The maximum absolute atomic E-state index is 13.1. The SMILES string of the molecule is COCC(=O)NCc1nnc(SCc2ccc(F)cc2)n1-c1ccc([N+](=O)[O-])cc1. The second-order valence-electron chi connectivity index (χ2n) is 6.13. The van der Waals surface area contributed by atoms with Crippen molar-refractivity contribution >= 4 is 23.4 Å². The van der Waals surface area contributed by atoms with E-state index < -0.39 is 4.92 Å². The summed E-state index contributed by atoms with van der Waals surface area (Å²) in [6.07, 6.45) is 0. The summed E-state index contributed by atoms with van der Waals surface area (Å²) in [4.78, 5) is 22.2. The lowest BCUT2D eigenvalue weighted by Crippen LogP contribution is -2.27. The number of benzene rings is 2. The van der Waals surface area contributed by atoms with E-state index in [1.54, 1.807) is 28.8 Å². The number of rotatable bonds is 9. The van der Waals surface area contributed by atoms with Crippen molar-refractivity contribution in [3.05, 3.63) is 75.9 Å². The Hall–Kier alpha value is -3.31. The van der Waals surface area contributed by atoms with E-state index in [9.17, 15) is 19.3 Å². The second kappa shape index (κ2) is 9.94. The van der Waals surface area contributed by atoms with Gasteiger partial charge in [-0.2, -0.15) is 0 Å². The minimum atomic E-state index is -0.480. The van der Waals surface area contributed by atoms with E-state index in [4.69, 9.17) is 4.74 Å². The first kappa shape index (κ1) is 21.4. The Bertz CT molecular complexity index is 1020. The Labute approximate surface area is 175 Å². The maximum Gasteiger partial charge on any atom is 0.269 e. The van der Waals surface area contributed by atoms with Crippen molar-refractivity contribution in [1.82, 2.24) is 20.1 Å². The number of nitro groups is 1. The van der Waals surface area contributed by atoms with Gasteiger partial charge in [0.05, 0.1) is 11.5 Å². The highest BCUT2D eigenvalue weighted by Crippen LogP contribution is 2.26. The fourth-order valence-electron chi connectivity index (χ4n) is 2.58. The monoisotopic (exact) mass is 431 g/mol. The molecule has 0 spiro atoms. The summed E-state index contributed by atoms with van der Waals surface area (Å²) < 4.78 is 19.6. The van der Waals surface area contributed by atoms with E-state index in [1.807, 2.05) is 0 Å². The maximum atomic E-state index is 13.1. The van der Waals surface area contributed by atoms with Crippen LogP contribution in [0.2, 0.25) is 0 Å². The van der Waals surface area contributed by atoms with Gasteiger partial charge >= 0.3 is 0 Å². The van der Waals surface area contributed by atoms with E-state index in [0.29, 0.717) is 22.4 Å². The van der Waals surface area contributed by atoms with Crippen LogP contribution < -0.4 is 5.32 Å². The molecule has 9 nitrogen and oxygen atoms in total. The molecule has 1 N–H and O–H groups in total. The Balaban J connectivity index is 1.86. The minimum Gasteiger partial charge on any atom is -0.375 e. The van der Waals surface area contributed by atoms with Crippen molar-refractivity contribution in [2.24, 2.45) is 0 Å². The van der Waals surface area contributed by atoms with Gasteiger partial charge in [0.15, 0.2) is 11.0 Å². The standard InChI is InChI=1S/C19H18FN5O4S/c1-29-11-18(26)21-10-17-22-23-19(30-12-13-2-4-14(20)5-3-13)24(17)15-6-8-16(9-7-15)25(27)28/h2-9H,10-12H2,1H3,(H,21,26). The number of ether oxygens (including phenoxy) is 1. The third kappa shape index (κ3) is 5.39. The van der Waals surface area contributed by atoms with E-state index in [0.717, 1.165) is 5.56 Å². The Morgan fingerprint density at radius 1 is 1.20 bits per heavy atom. The molecular weight excluding hydrogens is 413 g/mol. The fraction of sp³-hybridized carbons (Fsp3) is 0.211. The number of nitrogens with one attached hydrogen (secondary N) is 1. The summed E-state index contributed by atoms with van der Waals surface area (Å²) in [7, 11) is 1.42. The van der Waals surface area contributed by atoms with Crippen molar-refractivity contribution in [3.63, 3.8) is 0 Å². The molecule has 0 fully saturated rings. The normalized spacial score (nSPS) is 10.7. The highest BCUT2D eigenvalue weighted by Gasteiger charge is 2.16. The minimum absolute atomic E-state index is 0.0395. The molecule has 0 saturated heterocycles. The molecule has 0 unspecified atom stereocenters. The highest BCUT2D eigenvalue weighted by molar-refractivity contribution is 7.98. The molecule has 11 heteroatoms. The third-order valence-electron chi connectivity index (χ3n) is 4.02. The molecule has 0 aliphatic heterocycles. The quantitative estimate of drug-likeness (QED) is 0.315. The van der Waals surface area contributed by atoms with Crippen LogP contribution in [0.15, 0.2) is 53.7 Å². The Morgan fingerprint density at radius 2 is 1.90 bits per heavy atom. The molecule has 156 valence electrons. The summed E-state index contributed by atoms with van der Waals surface area (Å²) >= 11 is 1.37. The predicted molar refractivity (Wildman–Crippen MR) is 108 cm³/mol. The van der Waals surface area contributed by atoms with Gasteiger partial charge in [-0.15, -0.1) is 10.2 Å². The Morgan fingerprint density at radius 3 is 2.53 bits per heavy atom. The molecule has 3 rings (SSSR count). The number of thioether (sulfide) groups is 1. The van der Waals surface area contributed by atoms with Gasteiger partial charge in [0, 0.05) is 30.7 Å². The van der Waals surface area contributed by atoms with Crippen molar-refractivity contribution in [2.75, 3.05) is 13.7 Å². The summed E-state index contributed by atoms with van der Waals surface area (Å²) in [5.41, 5.74) is 1.47. The van der Waals surface area contributed by atoms with Crippen molar-refractivity contribution in [3.8, 4) is 5.69 Å². The van der Waals surface area contributed by atoms with Crippen molar-refractivity contribution in [1.29, 1.82) is 0 Å². The van der Waals surface area contributed by atoms with Crippen LogP contribution in [0, 0.1) is 15.9 Å². The van der Waals surface area contributed by atoms with E-state index in [2.05, 4.69) is 15.5 Å². The van der Waals surface area contributed by atoms with Gasteiger partial charge in [0.2, 0.25) is 5.91 Å². The molecule has 0 aliphatic carbocycles. The zero-order valence-corrected chi connectivity index (χ0v) is 16.8. The molecule has 30 heavy (non-hydrogen) atoms. The van der Waals surface area contributed by atoms with Crippen LogP contribution in [-0.2, 0) is 21.8 Å². The van der Waals surface area contributed by atoms with Crippen LogP contribution in [0.3, 0.4) is 0 Å². The number of hydrogen-bond donors (Lipinski definition) is 1. The number of nitro benzene ring substituents is 1. The van der Waals surface area contributed by atoms with E-state index in [1.165, 1.54) is 43.1 Å². The third-order valence-corrected chi connectivity index (χ3v) is 5.02. The molecule has 0 atom stereocenters. The van der Waals surface area contributed by atoms with Gasteiger partial charge in [-0.1, -0.05) is 23.9 Å². The first-order valence-corrected chi connectivity index (χ1v) is 9.78. The molecule has 0 bridgehead atoms. The topological polar surface area (TPSA) is 112 Å². The van der Waals surface area contributed by atoms with Crippen LogP contribution in [0.1, 0.15) is 11.4 Å². The van der Waals surface area contributed by atoms with Crippen LogP contribution in [-0.4, -0.2) is 39.3 Å². The highest BCUT2D eigenvalue weighted by atomic mass is 32.2. The van der Waals surface area contributed by atoms with Crippen LogP contribution in [0.25, 0.3) is 5.69 Å². The average molecular weight is 431 g/mol. The van der Waals surface area contributed by atoms with Crippen LogP contribution in [0.5, 0.6) is 0 Å². The van der Waals surface area contributed by atoms with Gasteiger partial charge in [-0.05, 0) is 29.8 Å². The number of carbonyl (C=O) groups is 1. The number of halogens is 1. The fourth-order valence-corrected chi connectivity index (χ4v) is 3.51. The second-order valence-corrected chi connectivity index (χ2v) is 7.08. The van der Waals surface area contributed by atoms with Gasteiger partial charge < -0.3 is 10.1 Å². The van der Waals surface area contributed by atoms with Crippen molar-refractivity contribution in [2.45, 2.75) is 17.5 Å². The number of amides is 1. The van der Waals surface area contributed by atoms with Crippen LogP contribution in [0.4, 0.5) is 10.1 Å². The number of carbonyl (C=O) groups excluding carboxylic acids is 1. The molecule has 1 heterocycles. The first-order chi connectivity index (χ1) is 14.5. The molecular formula is C19H18FN5O4S. The number of hydrogen-bond acceptors (Lipinski definition) is 7. The summed E-state index contributed by atoms with van der Waals surface area (Å²) in [5.74, 6) is 0.347. The largest absolute Gasteiger partial charge is 0.375 e. The molecule has 2 aromatic carbocycles. The van der Waals surface area contributed by atoms with Gasteiger partial charge in [0.25, 0.3) is 5.69 Å². The first-order valence-electron chi connectivity index (χ1n) is 8.80. The average Bonchev–Trinajstić information content (AvgIpc) is 3.15. The zero-order chi connectivity index (χ0) is 21.5. The number of methoxy groups -OCH3 is 1. The zero-order valence-electron chi connectivity index (χ0n) is 15.9. The lowest BCUT2D eigenvalue weighted by molar-refractivity contribution is -0.384. The molecule has 0 radical (unpaired) electrons. The molecule has 1 amide bonds. The lowest BCUT2D eigenvalue weighted by atomic mass is 10.2. The van der Waals surface area contributed by atoms with E-state index in [-0.39, 0.29) is 30.6 Å². The predicted octanol–water partition coefficient (Wildman–Crippen LogP) is 2.87. The molecule has 0 aliphatic rings. The molecule has 1 aromatic heterocycles. The number of aromatic nitrogens is 3. The van der Waals surface area contributed by atoms with Crippen molar-refractivity contribution < 1.29 is 18.8 Å². The van der Waals surface area contributed by atoms with Crippen LogP contribution >= 0.6 is 11.8 Å². The van der Waals surface area contributed by atoms with Gasteiger partial charge in [-0.3, -0.25) is 19.5 Å². The molecule has 0 saturated carbocycles. The molecule has 3 aromatic rings. The van der Waals surface area contributed by atoms with Gasteiger partial charge in [-0.25, -0.2) is 4.39 Å². The Kier molecular flexibility index (Phi) is 7.09. The number of non-ortho nitro benzene ring substituents is 1. The summed E-state index contributed by atoms with van der Waals surface area (Å²) in [6.45, 7) is 0.0150. The van der Waals surface area contributed by atoms with E-state index >= 15 is 0 Å². The number of nitrogens with zero attached hydrogens (tertiary/aromatic N) is 4.